The van der Waals surface area contributed by atoms with Gasteiger partial charge in [-0.2, -0.15) is 0 Å². The molecule has 0 unspecified atom stereocenters. The minimum Gasteiger partial charge on any atom is -0.410 e. The highest BCUT2D eigenvalue weighted by Gasteiger charge is 2.20. The second-order valence-electron chi connectivity index (χ2n) is 6.20. The van der Waals surface area contributed by atoms with Gasteiger partial charge < -0.3 is 10.2 Å². The van der Waals surface area contributed by atoms with Crippen molar-refractivity contribution >= 4 is 56.4 Å². The summed E-state index contributed by atoms with van der Waals surface area (Å²) in [6.45, 7) is 3.95. The molecular weight excluding hydrogens is 416 g/mol. The number of nitrogens with two attached hydrogens (primary N) is 1. The van der Waals surface area contributed by atoms with Crippen LogP contribution in [0.4, 0.5) is 5.69 Å². The Morgan fingerprint density at radius 2 is 2.00 bits per heavy atom. The summed E-state index contributed by atoms with van der Waals surface area (Å²) >= 11 is 8.45. The van der Waals surface area contributed by atoms with Crippen LogP contribution in [0.3, 0.4) is 0 Å². The van der Waals surface area contributed by atoms with Crippen molar-refractivity contribution in [3.63, 3.8) is 0 Å². The molecule has 142 valence electrons. The van der Waals surface area contributed by atoms with Crippen molar-refractivity contribution in [2.75, 3.05) is 11.5 Å². The Labute approximate surface area is 174 Å². The first-order valence-corrected chi connectivity index (χ1v) is 10.5. The van der Waals surface area contributed by atoms with Crippen molar-refractivity contribution in [1.29, 1.82) is 0 Å². The lowest BCUT2D eigenvalue weighted by molar-refractivity contribution is 0.102. The molecular formula is C19H15ClN4O2S2. The standard InChI is InChI=1S/C19H15ClN4O2S2/c1-9-7-10(2)22-18-14(9)15(21)16(28-18)17-23-24-19(26-17)27-8-13(25)11-3-5-12(20)6-4-11/h3-7H,8,21H2,1-2H3. The normalized spacial score (nSPS) is 11.2. The van der Waals surface area contributed by atoms with E-state index in [1.165, 1.54) is 23.1 Å². The van der Waals surface area contributed by atoms with Gasteiger partial charge in [-0.1, -0.05) is 23.4 Å². The van der Waals surface area contributed by atoms with Crippen molar-refractivity contribution in [2.45, 2.75) is 19.1 Å². The number of pyridine rings is 1. The maximum absolute atomic E-state index is 12.3. The molecule has 0 bridgehead atoms. The average molecular weight is 431 g/mol. The van der Waals surface area contributed by atoms with E-state index in [1.54, 1.807) is 24.3 Å². The first kappa shape index (κ1) is 18.9. The Morgan fingerprint density at radius 1 is 1.25 bits per heavy atom. The molecule has 6 nitrogen and oxygen atoms in total. The van der Waals surface area contributed by atoms with Crippen molar-refractivity contribution in [1.82, 2.24) is 15.2 Å². The van der Waals surface area contributed by atoms with Crippen LogP contribution in [0, 0.1) is 13.8 Å². The number of halogens is 1. The van der Waals surface area contributed by atoms with Crippen LogP contribution in [0.15, 0.2) is 40.0 Å². The average Bonchev–Trinajstić information content (AvgIpc) is 3.24. The molecule has 4 rings (SSSR count). The molecule has 0 aliphatic carbocycles. The quantitative estimate of drug-likeness (QED) is 0.344. The maximum Gasteiger partial charge on any atom is 0.277 e. The van der Waals surface area contributed by atoms with Gasteiger partial charge >= 0.3 is 0 Å². The minimum absolute atomic E-state index is 0.0434. The summed E-state index contributed by atoms with van der Waals surface area (Å²) in [6.07, 6.45) is 0. The predicted molar refractivity (Wildman–Crippen MR) is 113 cm³/mol. The second-order valence-corrected chi connectivity index (χ2v) is 8.56. The Bertz CT molecular complexity index is 1180. The van der Waals surface area contributed by atoms with E-state index in [9.17, 15) is 4.79 Å². The van der Waals surface area contributed by atoms with Crippen molar-refractivity contribution in [3.8, 4) is 10.8 Å². The number of aryl methyl sites for hydroxylation is 2. The molecule has 0 aliphatic rings. The van der Waals surface area contributed by atoms with Crippen molar-refractivity contribution in [2.24, 2.45) is 0 Å². The van der Waals surface area contributed by atoms with Gasteiger partial charge in [0.1, 0.15) is 9.71 Å². The fourth-order valence-electron chi connectivity index (χ4n) is 2.83. The van der Waals surface area contributed by atoms with Crippen molar-refractivity contribution in [3.05, 3.63) is 52.2 Å². The summed E-state index contributed by atoms with van der Waals surface area (Å²) in [5, 5.41) is 9.94. The zero-order valence-electron chi connectivity index (χ0n) is 15.0. The molecule has 9 heteroatoms. The Balaban J connectivity index is 1.54. The first-order valence-electron chi connectivity index (χ1n) is 8.34. The molecule has 3 aromatic heterocycles. The smallest absolute Gasteiger partial charge is 0.277 e. The molecule has 28 heavy (non-hydrogen) atoms. The molecule has 0 aliphatic heterocycles. The highest BCUT2D eigenvalue weighted by Crippen LogP contribution is 2.41. The number of benzene rings is 1. The zero-order valence-corrected chi connectivity index (χ0v) is 17.4. The number of carbonyl (C=O) groups excluding carboxylic acids is 1. The molecule has 0 saturated heterocycles. The molecule has 0 radical (unpaired) electrons. The molecule has 0 saturated carbocycles. The van der Waals surface area contributed by atoms with E-state index >= 15 is 0 Å². The number of anilines is 1. The van der Waals surface area contributed by atoms with Crippen LogP contribution in [0.2, 0.25) is 5.02 Å². The summed E-state index contributed by atoms with van der Waals surface area (Å²) < 4.78 is 5.73. The van der Waals surface area contributed by atoms with Gasteiger partial charge in [0, 0.05) is 21.7 Å². The van der Waals surface area contributed by atoms with Crippen LogP contribution >= 0.6 is 34.7 Å². The summed E-state index contributed by atoms with van der Waals surface area (Å²) in [4.78, 5) is 18.3. The zero-order chi connectivity index (χ0) is 19.8. The Morgan fingerprint density at radius 3 is 2.75 bits per heavy atom. The van der Waals surface area contributed by atoms with Gasteiger partial charge in [0.25, 0.3) is 11.1 Å². The van der Waals surface area contributed by atoms with Gasteiger partial charge in [0.15, 0.2) is 5.78 Å². The van der Waals surface area contributed by atoms with Gasteiger partial charge in [-0.3, -0.25) is 4.79 Å². The number of thioether (sulfide) groups is 1. The number of nitrogen functional groups attached to an aromatic ring is 1. The lowest BCUT2D eigenvalue weighted by Crippen LogP contribution is -2.01. The number of nitrogens with zero attached hydrogens (tertiary/aromatic N) is 3. The summed E-state index contributed by atoms with van der Waals surface area (Å²) in [5.74, 6) is 0.475. The van der Waals surface area contributed by atoms with E-state index in [0.717, 1.165) is 21.5 Å². The number of hydrogen-bond donors (Lipinski definition) is 1. The third-order valence-corrected chi connectivity index (χ3v) is 6.28. The van der Waals surface area contributed by atoms with Gasteiger partial charge in [0.2, 0.25) is 0 Å². The van der Waals surface area contributed by atoms with E-state index in [2.05, 4.69) is 15.2 Å². The van der Waals surface area contributed by atoms with E-state index in [1.807, 2.05) is 19.9 Å². The molecule has 0 amide bonds. The summed E-state index contributed by atoms with van der Waals surface area (Å²) in [6, 6.07) is 8.75. The third kappa shape index (κ3) is 3.63. The number of carbonyl (C=O) groups is 1. The number of rotatable bonds is 5. The molecule has 3 heterocycles. The Kier molecular flexibility index (Phi) is 5.09. The van der Waals surface area contributed by atoms with Crippen LogP contribution in [0.5, 0.6) is 0 Å². The number of aromatic nitrogens is 3. The topological polar surface area (TPSA) is 94.9 Å². The molecule has 0 spiro atoms. The van der Waals surface area contributed by atoms with Gasteiger partial charge in [0.05, 0.1) is 11.4 Å². The highest BCUT2D eigenvalue weighted by atomic mass is 35.5. The van der Waals surface area contributed by atoms with E-state index in [-0.39, 0.29) is 11.5 Å². The van der Waals surface area contributed by atoms with Gasteiger partial charge in [-0.15, -0.1) is 21.5 Å². The van der Waals surface area contributed by atoms with E-state index < -0.39 is 0 Å². The van der Waals surface area contributed by atoms with Crippen LogP contribution in [0.25, 0.3) is 21.0 Å². The SMILES string of the molecule is Cc1cc(C)c2c(N)c(-c3nnc(SCC(=O)c4ccc(Cl)cc4)o3)sc2n1. The monoisotopic (exact) mass is 430 g/mol. The number of ketones is 1. The largest absolute Gasteiger partial charge is 0.410 e. The Hall–Kier alpha value is -2.42. The fourth-order valence-corrected chi connectivity index (χ4v) is 4.76. The van der Waals surface area contributed by atoms with E-state index in [0.29, 0.717) is 32.3 Å². The van der Waals surface area contributed by atoms with Crippen LogP contribution in [-0.2, 0) is 0 Å². The second kappa shape index (κ2) is 7.54. The highest BCUT2D eigenvalue weighted by molar-refractivity contribution is 7.99. The third-order valence-electron chi connectivity index (χ3n) is 4.12. The van der Waals surface area contributed by atoms with Crippen LogP contribution < -0.4 is 5.73 Å². The number of Topliss-reactive ketones (excluding diaryl/α,β-unsaturated/α-hetero) is 1. The molecule has 2 N–H and O–H groups in total. The number of thiophene rings is 1. The van der Waals surface area contributed by atoms with Crippen LogP contribution in [-0.4, -0.2) is 26.7 Å². The number of hydrogen-bond acceptors (Lipinski definition) is 8. The first-order chi connectivity index (χ1) is 13.4. The van der Waals surface area contributed by atoms with Crippen LogP contribution in [0.1, 0.15) is 21.6 Å². The summed E-state index contributed by atoms with van der Waals surface area (Å²) in [5.41, 5.74) is 9.47. The maximum atomic E-state index is 12.3. The minimum atomic E-state index is -0.0434. The number of fused-ring (bicyclic) bond motifs is 1. The molecule has 0 fully saturated rings. The predicted octanol–water partition coefficient (Wildman–Crippen LogP) is 5.17. The molecule has 0 atom stereocenters. The van der Waals surface area contributed by atoms with Gasteiger partial charge in [-0.05, 0) is 49.7 Å². The molecule has 4 aromatic rings. The summed E-state index contributed by atoms with van der Waals surface area (Å²) in [7, 11) is 0. The fraction of sp³-hybridized carbons (Fsp3) is 0.158. The lowest BCUT2D eigenvalue weighted by Gasteiger charge is -1.99. The van der Waals surface area contributed by atoms with Crippen molar-refractivity contribution < 1.29 is 9.21 Å². The van der Waals surface area contributed by atoms with E-state index in [4.69, 9.17) is 21.8 Å². The lowest BCUT2D eigenvalue weighted by atomic mass is 10.1. The van der Waals surface area contributed by atoms with Gasteiger partial charge in [-0.25, -0.2) is 4.98 Å². The molecule has 1 aromatic carbocycles.